The maximum atomic E-state index is 12.3. The van der Waals surface area contributed by atoms with Crippen LogP contribution in [0.5, 0.6) is 0 Å². The number of non-ortho nitro benzene ring substituents is 1. The minimum absolute atomic E-state index is 0.0142. The van der Waals surface area contributed by atoms with Crippen LogP contribution in [-0.4, -0.2) is 15.7 Å². The van der Waals surface area contributed by atoms with Crippen molar-refractivity contribution in [2.45, 2.75) is 33.1 Å². The number of nitrogens with one attached hydrogen (secondary N) is 1. The molecule has 24 heavy (non-hydrogen) atoms. The highest BCUT2D eigenvalue weighted by atomic mass is 16.6. The van der Waals surface area contributed by atoms with Crippen LogP contribution in [0.2, 0.25) is 0 Å². The summed E-state index contributed by atoms with van der Waals surface area (Å²) in [7, 11) is 0. The molecule has 0 saturated carbocycles. The molecule has 2 aromatic rings. The number of carbonyl (C=O) groups excluding carboxylic acids is 1. The predicted molar refractivity (Wildman–Crippen MR) is 89.4 cm³/mol. The summed E-state index contributed by atoms with van der Waals surface area (Å²) in [6.45, 7) is 4.01. The van der Waals surface area contributed by atoms with Crippen molar-refractivity contribution in [2.75, 3.05) is 0 Å². The van der Waals surface area contributed by atoms with Crippen LogP contribution in [0, 0.1) is 15.5 Å². The maximum absolute atomic E-state index is 12.3. The van der Waals surface area contributed by atoms with E-state index in [0.29, 0.717) is 35.2 Å². The largest absolute Gasteiger partial charge is 0.325 e. The molecule has 1 aromatic heterocycles. The third-order valence-corrected chi connectivity index (χ3v) is 4.31. The van der Waals surface area contributed by atoms with Gasteiger partial charge in [-0.05, 0) is 23.5 Å². The first kappa shape index (κ1) is 16.1. The van der Waals surface area contributed by atoms with Gasteiger partial charge in [0, 0.05) is 41.8 Å². The average molecular weight is 326 g/mol. The minimum Gasteiger partial charge on any atom is -0.325 e. The van der Waals surface area contributed by atoms with Crippen molar-refractivity contribution in [1.29, 1.82) is 0 Å². The van der Waals surface area contributed by atoms with Crippen molar-refractivity contribution in [2.24, 2.45) is 5.41 Å². The lowest BCUT2D eigenvalue weighted by Gasteiger charge is -2.29. The molecule has 6 heteroatoms. The number of fused-ring (bicyclic) bond motifs is 1. The Morgan fingerprint density at radius 3 is 2.67 bits per heavy atom. The molecule has 0 saturated heterocycles. The van der Waals surface area contributed by atoms with Crippen LogP contribution in [0.4, 0.5) is 5.69 Å². The second-order valence-electron chi connectivity index (χ2n) is 7.06. The van der Waals surface area contributed by atoms with Gasteiger partial charge in [-0.3, -0.25) is 19.7 Å². The number of nitro benzene ring substituents is 1. The second kappa shape index (κ2) is 5.70. The van der Waals surface area contributed by atoms with E-state index in [4.69, 9.17) is 0 Å². The third kappa shape index (κ3) is 3.13. The number of nitro groups is 1. The van der Waals surface area contributed by atoms with Gasteiger partial charge in [-0.25, -0.2) is 0 Å². The Labute approximate surface area is 138 Å². The fourth-order valence-corrected chi connectivity index (χ4v) is 3.20. The number of hydrogen-bond acceptors (Lipinski definition) is 4. The van der Waals surface area contributed by atoms with E-state index in [-0.39, 0.29) is 28.9 Å². The van der Waals surface area contributed by atoms with Gasteiger partial charge in [-0.2, -0.15) is 0 Å². The third-order valence-electron chi connectivity index (χ3n) is 4.31. The van der Waals surface area contributed by atoms with Gasteiger partial charge in [-0.1, -0.05) is 26.0 Å². The highest BCUT2D eigenvalue weighted by molar-refractivity contribution is 5.98. The van der Waals surface area contributed by atoms with E-state index >= 15 is 0 Å². The van der Waals surface area contributed by atoms with Gasteiger partial charge in [0.1, 0.15) is 0 Å². The maximum Gasteiger partial charge on any atom is 0.269 e. The summed E-state index contributed by atoms with van der Waals surface area (Å²) < 4.78 is 0. The van der Waals surface area contributed by atoms with Crippen LogP contribution in [0.3, 0.4) is 0 Å². The van der Waals surface area contributed by atoms with Gasteiger partial charge >= 0.3 is 0 Å². The number of hydrogen-bond donors (Lipinski definition) is 1. The van der Waals surface area contributed by atoms with Crippen molar-refractivity contribution in [1.82, 2.24) is 4.98 Å². The van der Waals surface area contributed by atoms with E-state index in [2.05, 4.69) is 4.98 Å². The molecule has 1 aromatic carbocycles. The molecule has 3 rings (SSSR count). The molecule has 0 fully saturated rings. The van der Waals surface area contributed by atoms with Gasteiger partial charge in [0.25, 0.3) is 11.2 Å². The van der Waals surface area contributed by atoms with Crippen LogP contribution in [0.25, 0.3) is 0 Å². The van der Waals surface area contributed by atoms with Gasteiger partial charge < -0.3 is 4.98 Å². The zero-order valence-corrected chi connectivity index (χ0v) is 13.6. The number of nitrogens with zero attached hydrogens (tertiary/aromatic N) is 1. The Bertz CT molecular complexity index is 896. The molecule has 0 bridgehead atoms. The first-order chi connectivity index (χ1) is 11.2. The monoisotopic (exact) mass is 326 g/mol. The Kier molecular flexibility index (Phi) is 3.83. The van der Waals surface area contributed by atoms with Crippen LogP contribution < -0.4 is 5.56 Å². The van der Waals surface area contributed by atoms with E-state index in [0.717, 1.165) is 0 Å². The summed E-state index contributed by atoms with van der Waals surface area (Å²) in [6, 6.07) is 7.82. The fourth-order valence-electron chi connectivity index (χ4n) is 3.20. The molecule has 0 spiro atoms. The second-order valence-corrected chi connectivity index (χ2v) is 7.06. The topological polar surface area (TPSA) is 93.1 Å². The van der Waals surface area contributed by atoms with Crippen LogP contribution in [0.1, 0.15) is 47.4 Å². The average Bonchev–Trinajstić information content (AvgIpc) is 2.48. The van der Waals surface area contributed by atoms with E-state index in [1.165, 1.54) is 12.1 Å². The molecular formula is C18H18N2O4. The molecule has 0 radical (unpaired) electrons. The normalized spacial score (nSPS) is 15.8. The van der Waals surface area contributed by atoms with E-state index in [1.807, 2.05) is 13.8 Å². The lowest BCUT2D eigenvalue weighted by Crippen LogP contribution is -2.31. The molecule has 0 aliphatic heterocycles. The number of Topliss-reactive ketones (excluding diaryl/α,β-unsaturated/α-hetero) is 1. The summed E-state index contributed by atoms with van der Waals surface area (Å²) >= 11 is 0. The molecule has 1 N–H and O–H groups in total. The lowest BCUT2D eigenvalue weighted by molar-refractivity contribution is -0.384. The number of rotatable bonds is 3. The standard InChI is InChI=1S/C18H18N2O4/c1-18(2)9-15-14(16(21)10-18)8-12(17(22)19-15)6-11-4-3-5-13(7-11)20(23)24/h3-5,7-8H,6,9-10H2,1-2H3,(H,19,22). The molecule has 0 atom stereocenters. The van der Waals surface area contributed by atoms with Crippen molar-refractivity contribution < 1.29 is 9.72 Å². The fraction of sp³-hybridized carbons (Fsp3) is 0.333. The molecule has 0 unspecified atom stereocenters. The summed E-state index contributed by atoms with van der Waals surface area (Å²) in [5, 5.41) is 10.9. The number of carbonyl (C=O) groups is 1. The molecule has 1 heterocycles. The highest BCUT2D eigenvalue weighted by Crippen LogP contribution is 2.33. The van der Waals surface area contributed by atoms with Crippen molar-refractivity contribution in [3.8, 4) is 0 Å². The summed E-state index contributed by atoms with van der Waals surface area (Å²) in [5.74, 6) is 0.0257. The number of pyridine rings is 1. The SMILES string of the molecule is CC1(C)CC(=O)c2cc(Cc3cccc([N+](=O)[O-])c3)c(=O)[nH]c2C1. The lowest BCUT2D eigenvalue weighted by atomic mass is 9.75. The first-order valence-corrected chi connectivity index (χ1v) is 7.77. The first-order valence-electron chi connectivity index (χ1n) is 7.77. The van der Waals surface area contributed by atoms with Gasteiger partial charge in [0.15, 0.2) is 5.78 Å². The van der Waals surface area contributed by atoms with Crippen molar-refractivity contribution in [3.63, 3.8) is 0 Å². The molecule has 1 aliphatic carbocycles. The Morgan fingerprint density at radius 2 is 1.96 bits per heavy atom. The molecular weight excluding hydrogens is 308 g/mol. The number of aromatic nitrogens is 1. The van der Waals surface area contributed by atoms with Crippen molar-refractivity contribution >= 4 is 11.5 Å². The van der Waals surface area contributed by atoms with E-state index in [9.17, 15) is 19.7 Å². The van der Waals surface area contributed by atoms with Crippen LogP contribution in [0.15, 0.2) is 35.1 Å². The number of H-pyrrole nitrogens is 1. The molecule has 124 valence electrons. The smallest absolute Gasteiger partial charge is 0.269 e. The Hall–Kier alpha value is -2.76. The van der Waals surface area contributed by atoms with Crippen molar-refractivity contribution in [3.05, 3.63) is 73.2 Å². The predicted octanol–water partition coefficient (Wildman–Crippen LogP) is 3.03. The zero-order chi connectivity index (χ0) is 17.5. The van der Waals surface area contributed by atoms with Gasteiger partial charge in [-0.15, -0.1) is 0 Å². The molecule has 1 aliphatic rings. The van der Waals surface area contributed by atoms with Gasteiger partial charge in [0.2, 0.25) is 0 Å². The summed E-state index contributed by atoms with van der Waals surface area (Å²) in [6.07, 6.45) is 1.35. The van der Waals surface area contributed by atoms with E-state index in [1.54, 1.807) is 18.2 Å². The number of aromatic amines is 1. The van der Waals surface area contributed by atoms with Crippen LogP contribution >= 0.6 is 0 Å². The highest BCUT2D eigenvalue weighted by Gasteiger charge is 2.32. The Balaban J connectivity index is 1.98. The zero-order valence-electron chi connectivity index (χ0n) is 13.6. The van der Waals surface area contributed by atoms with Gasteiger partial charge in [0.05, 0.1) is 4.92 Å². The van der Waals surface area contributed by atoms with Crippen LogP contribution in [-0.2, 0) is 12.8 Å². The minimum atomic E-state index is -0.466. The van der Waals surface area contributed by atoms with E-state index < -0.39 is 4.92 Å². The molecule has 6 nitrogen and oxygen atoms in total. The summed E-state index contributed by atoms with van der Waals surface area (Å²) in [5.41, 5.74) is 1.94. The summed E-state index contributed by atoms with van der Waals surface area (Å²) in [4.78, 5) is 37.9. The number of benzene rings is 1. The quantitative estimate of drug-likeness (QED) is 0.693. The molecule has 0 amide bonds. The Morgan fingerprint density at radius 1 is 1.21 bits per heavy atom. The number of ketones is 1.